The summed E-state index contributed by atoms with van der Waals surface area (Å²) in [4.78, 5) is 0. The van der Waals surface area contributed by atoms with Gasteiger partial charge in [-0.15, -0.1) is 6.58 Å². The van der Waals surface area contributed by atoms with Gasteiger partial charge in [-0.3, -0.25) is 0 Å². The van der Waals surface area contributed by atoms with Gasteiger partial charge >= 0.3 is 0 Å². The van der Waals surface area contributed by atoms with Gasteiger partial charge in [-0.1, -0.05) is 36.4 Å². The Morgan fingerprint density at radius 1 is 1.33 bits per heavy atom. The number of hydrogen-bond acceptors (Lipinski definition) is 1. The van der Waals surface area contributed by atoms with Crippen molar-refractivity contribution in [2.45, 2.75) is 24.9 Å². The highest BCUT2D eigenvalue weighted by Crippen LogP contribution is 2.28. The van der Waals surface area contributed by atoms with Crippen molar-refractivity contribution in [3.05, 3.63) is 60.9 Å². The lowest BCUT2D eigenvalue weighted by atomic mass is 9.91. The molecule has 2 unspecified atom stereocenters. The molecule has 0 radical (unpaired) electrons. The predicted molar refractivity (Wildman–Crippen MR) is 62.6 cm³/mol. The number of rotatable bonds is 3. The molecule has 1 aromatic rings. The minimum absolute atomic E-state index is 0.290. The van der Waals surface area contributed by atoms with Gasteiger partial charge in [-0.25, -0.2) is 0 Å². The largest absolute Gasteiger partial charge is 0.498 e. The van der Waals surface area contributed by atoms with Crippen molar-refractivity contribution in [1.29, 1.82) is 0 Å². The second-order valence-electron chi connectivity index (χ2n) is 3.86. The zero-order valence-corrected chi connectivity index (χ0v) is 8.80. The fraction of sp³-hybridized carbons (Fsp3) is 0.286. The minimum atomic E-state index is 0.290. The first-order valence-electron chi connectivity index (χ1n) is 5.38. The number of allylic oxidation sites excluding steroid dienone is 1. The molecule has 2 rings (SSSR count). The highest BCUT2D eigenvalue weighted by Gasteiger charge is 2.18. The second-order valence-corrected chi connectivity index (χ2v) is 3.86. The molecule has 0 spiro atoms. The first kappa shape index (κ1) is 10.0. The first-order valence-corrected chi connectivity index (χ1v) is 5.38. The zero-order chi connectivity index (χ0) is 10.5. The zero-order valence-electron chi connectivity index (χ0n) is 8.80. The third-order valence-electron chi connectivity index (χ3n) is 2.76. The topological polar surface area (TPSA) is 9.23 Å². The van der Waals surface area contributed by atoms with Gasteiger partial charge in [0.15, 0.2) is 0 Å². The van der Waals surface area contributed by atoms with E-state index in [4.69, 9.17) is 4.74 Å². The van der Waals surface area contributed by atoms with Gasteiger partial charge in [0.2, 0.25) is 0 Å². The van der Waals surface area contributed by atoms with Crippen molar-refractivity contribution in [2.75, 3.05) is 0 Å². The molecule has 1 heterocycles. The molecule has 1 aromatic carbocycles. The van der Waals surface area contributed by atoms with Crippen molar-refractivity contribution in [1.82, 2.24) is 0 Å². The molecule has 0 aliphatic carbocycles. The molecule has 0 saturated heterocycles. The molecule has 0 saturated carbocycles. The Balaban J connectivity index is 2.08. The molecule has 1 heteroatoms. The van der Waals surface area contributed by atoms with E-state index >= 15 is 0 Å². The van der Waals surface area contributed by atoms with Crippen molar-refractivity contribution < 1.29 is 4.74 Å². The maximum Gasteiger partial charge on any atom is 0.102 e. The van der Waals surface area contributed by atoms with Crippen LogP contribution < -0.4 is 0 Å². The summed E-state index contributed by atoms with van der Waals surface area (Å²) in [5.41, 5.74) is 1.37. The molecule has 1 aliphatic heterocycles. The number of benzene rings is 1. The predicted octanol–water partition coefficient (Wildman–Crippen LogP) is 3.65. The van der Waals surface area contributed by atoms with E-state index in [1.54, 1.807) is 0 Å². The van der Waals surface area contributed by atoms with E-state index in [1.807, 2.05) is 18.4 Å². The van der Waals surface area contributed by atoms with Gasteiger partial charge in [0, 0.05) is 12.3 Å². The minimum Gasteiger partial charge on any atom is -0.498 e. The maximum absolute atomic E-state index is 5.52. The molecular weight excluding hydrogens is 184 g/mol. The highest BCUT2D eigenvalue weighted by atomic mass is 16.5. The van der Waals surface area contributed by atoms with E-state index in [0.717, 1.165) is 12.8 Å². The van der Waals surface area contributed by atoms with Gasteiger partial charge in [-0.05, 0) is 18.1 Å². The summed E-state index contributed by atoms with van der Waals surface area (Å²) in [7, 11) is 0. The average molecular weight is 200 g/mol. The third-order valence-corrected chi connectivity index (χ3v) is 2.76. The van der Waals surface area contributed by atoms with E-state index in [0.29, 0.717) is 5.92 Å². The fourth-order valence-electron chi connectivity index (χ4n) is 1.95. The molecule has 0 fully saturated rings. The summed E-state index contributed by atoms with van der Waals surface area (Å²) in [5.74, 6) is 0.491. The first-order chi connectivity index (χ1) is 7.40. The molecule has 1 nitrogen and oxygen atoms in total. The van der Waals surface area contributed by atoms with Gasteiger partial charge in [0.25, 0.3) is 0 Å². The molecule has 78 valence electrons. The fourth-order valence-corrected chi connectivity index (χ4v) is 1.95. The quantitative estimate of drug-likeness (QED) is 0.677. The summed E-state index contributed by atoms with van der Waals surface area (Å²) >= 11 is 0. The lowest BCUT2D eigenvalue weighted by molar-refractivity contribution is 0.120. The van der Waals surface area contributed by atoms with Crippen molar-refractivity contribution in [3.63, 3.8) is 0 Å². The highest BCUT2D eigenvalue weighted by molar-refractivity contribution is 5.24. The smallest absolute Gasteiger partial charge is 0.102 e. The van der Waals surface area contributed by atoms with Gasteiger partial charge in [0.05, 0.1) is 6.26 Å². The van der Waals surface area contributed by atoms with Crippen LogP contribution in [0.25, 0.3) is 0 Å². The summed E-state index contributed by atoms with van der Waals surface area (Å²) in [5, 5.41) is 0. The summed E-state index contributed by atoms with van der Waals surface area (Å²) in [6.07, 6.45) is 8.15. The van der Waals surface area contributed by atoms with Crippen LogP contribution in [-0.2, 0) is 4.74 Å². The standard InChI is InChI=1S/C14H16O/c1-2-6-14-11-13(9-10-15-14)12-7-4-3-5-8-12/h2-5,7-10,13-14H,1,6,11H2. The van der Waals surface area contributed by atoms with Crippen LogP contribution in [0.1, 0.15) is 24.3 Å². The molecule has 2 atom stereocenters. The van der Waals surface area contributed by atoms with Crippen LogP contribution >= 0.6 is 0 Å². The van der Waals surface area contributed by atoms with E-state index < -0.39 is 0 Å². The van der Waals surface area contributed by atoms with E-state index in [-0.39, 0.29) is 6.10 Å². The van der Waals surface area contributed by atoms with Gasteiger partial charge in [-0.2, -0.15) is 0 Å². The van der Waals surface area contributed by atoms with Crippen LogP contribution in [0.5, 0.6) is 0 Å². The number of ether oxygens (including phenoxy) is 1. The molecule has 0 amide bonds. The molecular formula is C14H16O. The summed E-state index contributed by atoms with van der Waals surface area (Å²) < 4.78 is 5.52. The molecule has 1 aliphatic rings. The molecule has 0 bridgehead atoms. The Bertz CT molecular complexity index is 340. The van der Waals surface area contributed by atoms with Crippen LogP contribution in [0.3, 0.4) is 0 Å². The molecule has 15 heavy (non-hydrogen) atoms. The van der Waals surface area contributed by atoms with Crippen LogP contribution in [0, 0.1) is 0 Å². The lowest BCUT2D eigenvalue weighted by Crippen LogP contribution is -2.16. The second kappa shape index (κ2) is 4.83. The maximum atomic E-state index is 5.52. The van der Waals surface area contributed by atoms with Crippen LogP contribution in [0.4, 0.5) is 0 Å². The summed E-state index contributed by atoms with van der Waals surface area (Å²) in [6.45, 7) is 3.75. The Hall–Kier alpha value is -1.50. The monoisotopic (exact) mass is 200 g/mol. The number of hydrogen-bond donors (Lipinski definition) is 0. The van der Waals surface area contributed by atoms with Crippen molar-refractivity contribution in [3.8, 4) is 0 Å². The average Bonchev–Trinajstić information content (AvgIpc) is 2.31. The van der Waals surface area contributed by atoms with Crippen molar-refractivity contribution >= 4 is 0 Å². The van der Waals surface area contributed by atoms with E-state index in [9.17, 15) is 0 Å². The van der Waals surface area contributed by atoms with Crippen LogP contribution in [0.15, 0.2) is 55.3 Å². The van der Waals surface area contributed by atoms with E-state index in [2.05, 4.69) is 36.9 Å². The molecule has 0 N–H and O–H groups in total. The molecule has 0 aromatic heterocycles. The van der Waals surface area contributed by atoms with E-state index in [1.165, 1.54) is 5.56 Å². The van der Waals surface area contributed by atoms with Crippen LogP contribution in [0.2, 0.25) is 0 Å². The lowest BCUT2D eigenvalue weighted by Gasteiger charge is -2.24. The normalized spacial score (nSPS) is 24.5. The third kappa shape index (κ3) is 2.50. The Morgan fingerprint density at radius 3 is 2.87 bits per heavy atom. The Morgan fingerprint density at radius 2 is 2.13 bits per heavy atom. The Labute approximate surface area is 91.1 Å². The SMILES string of the molecule is C=CCC1CC(c2ccccc2)C=CO1. The summed E-state index contributed by atoms with van der Waals surface area (Å²) in [6, 6.07) is 10.6. The van der Waals surface area contributed by atoms with Gasteiger partial charge < -0.3 is 4.74 Å². The van der Waals surface area contributed by atoms with Crippen molar-refractivity contribution in [2.24, 2.45) is 0 Å². The van der Waals surface area contributed by atoms with Crippen LogP contribution in [-0.4, -0.2) is 6.10 Å². The van der Waals surface area contributed by atoms with Gasteiger partial charge in [0.1, 0.15) is 6.10 Å². The Kier molecular flexibility index (Phi) is 3.23.